The minimum absolute atomic E-state index is 0.0492. The van der Waals surface area contributed by atoms with Crippen LogP contribution in [-0.4, -0.2) is 35.0 Å². The molecule has 0 saturated carbocycles. The highest BCUT2D eigenvalue weighted by Gasteiger charge is 2.26. The number of benzene rings is 1. The zero-order chi connectivity index (χ0) is 13.0. The van der Waals surface area contributed by atoms with Gasteiger partial charge in [-0.3, -0.25) is 4.79 Å². The average molecular weight is 248 g/mol. The largest absolute Gasteiger partial charge is 0.508 e. The maximum Gasteiger partial charge on any atom is 0.254 e. The van der Waals surface area contributed by atoms with Crippen LogP contribution < -0.4 is 5.73 Å². The Bertz CT molecular complexity index is 401. The summed E-state index contributed by atoms with van der Waals surface area (Å²) in [6.07, 6.45) is 4.14. The van der Waals surface area contributed by atoms with E-state index >= 15 is 0 Å². The molecule has 98 valence electrons. The molecule has 18 heavy (non-hydrogen) atoms. The molecule has 0 bridgehead atoms. The molecule has 1 saturated heterocycles. The molecule has 4 heteroatoms. The minimum Gasteiger partial charge on any atom is -0.508 e. The fraction of sp³-hybridized carbons (Fsp3) is 0.500. The first-order chi connectivity index (χ1) is 8.72. The van der Waals surface area contributed by atoms with Gasteiger partial charge in [-0.15, -0.1) is 0 Å². The molecular weight excluding hydrogens is 228 g/mol. The van der Waals surface area contributed by atoms with Crippen LogP contribution in [0.25, 0.3) is 0 Å². The summed E-state index contributed by atoms with van der Waals surface area (Å²) < 4.78 is 0. The van der Waals surface area contributed by atoms with Gasteiger partial charge in [-0.05, 0) is 56.5 Å². The van der Waals surface area contributed by atoms with Gasteiger partial charge < -0.3 is 15.7 Å². The monoisotopic (exact) mass is 248 g/mol. The second-order valence-corrected chi connectivity index (χ2v) is 4.77. The molecule has 2 rings (SSSR count). The summed E-state index contributed by atoms with van der Waals surface area (Å²) >= 11 is 0. The van der Waals surface area contributed by atoms with E-state index in [0.29, 0.717) is 12.1 Å². The number of rotatable bonds is 3. The highest BCUT2D eigenvalue weighted by atomic mass is 16.3. The molecule has 1 aliphatic rings. The predicted octanol–water partition coefficient (Wildman–Crippen LogP) is 1.74. The number of aromatic hydroxyl groups is 1. The van der Waals surface area contributed by atoms with Crippen molar-refractivity contribution in [3.8, 4) is 5.75 Å². The molecule has 1 atom stereocenters. The highest BCUT2D eigenvalue weighted by Crippen LogP contribution is 2.22. The summed E-state index contributed by atoms with van der Waals surface area (Å²) in [4.78, 5) is 14.3. The molecular formula is C14H20N2O2. The van der Waals surface area contributed by atoms with Crippen molar-refractivity contribution in [3.63, 3.8) is 0 Å². The molecule has 0 aliphatic carbocycles. The number of carbonyl (C=O) groups excluding carboxylic acids is 1. The van der Waals surface area contributed by atoms with Crippen LogP contribution in [-0.2, 0) is 0 Å². The number of nitrogens with two attached hydrogens (primary N) is 1. The first-order valence-corrected chi connectivity index (χ1v) is 6.52. The quantitative estimate of drug-likeness (QED) is 0.856. The van der Waals surface area contributed by atoms with E-state index < -0.39 is 0 Å². The Morgan fingerprint density at radius 3 is 2.72 bits per heavy atom. The van der Waals surface area contributed by atoms with Crippen LogP contribution >= 0.6 is 0 Å². The number of likely N-dealkylation sites (tertiary alicyclic amines) is 1. The Kier molecular flexibility index (Phi) is 4.20. The zero-order valence-electron chi connectivity index (χ0n) is 10.5. The topological polar surface area (TPSA) is 66.6 Å². The fourth-order valence-corrected chi connectivity index (χ4v) is 2.53. The van der Waals surface area contributed by atoms with Gasteiger partial charge in [0.1, 0.15) is 5.75 Å². The normalized spacial score (nSPS) is 19.8. The molecule has 3 N–H and O–H groups in total. The minimum atomic E-state index is 0.0492. The van der Waals surface area contributed by atoms with Gasteiger partial charge in [-0.1, -0.05) is 0 Å². The van der Waals surface area contributed by atoms with Crippen molar-refractivity contribution in [2.45, 2.75) is 31.7 Å². The van der Waals surface area contributed by atoms with Gasteiger partial charge in [0, 0.05) is 18.2 Å². The third-order valence-electron chi connectivity index (χ3n) is 3.50. The van der Waals surface area contributed by atoms with E-state index in [1.165, 1.54) is 6.42 Å². The summed E-state index contributed by atoms with van der Waals surface area (Å²) in [6, 6.07) is 6.71. The first kappa shape index (κ1) is 12.9. The van der Waals surface area contributed by atoms with E-state index in [-0.39, 0.29) is 17.7 Å². The molecule has 1 amide bonds. The van der Waals surface area contributed by atoms with E-state index in [2.05, 4.69) is 0 Å². The number of piperidine rings is 1. The van der Waals surface area contributed by atoms with Crippen LogP contribution in [0.1, 0.15) is 36.0 Å². The molecule has 1 fully saturated rings. The fourth-order valence-electron chi connectivity index (χ4n) is 2.53. The standard InChI is InChI=1S/C14H20N2O2/c15-9-8-12-3-1-2-10-16(12)14(18)11-4-6-13(17)7-5-11/h4-7,12,17H,1-3,8-10,15H2. The van der Waals surface area contributed by atoms with Crippen LogP contribution in [0.5, 0.6) is 5.75 Å². The number of nitrogens with zero attached hydrogens (tertiary/aromatic N) is 1. The number of hydrogen-bond donors (Lipinski definition) is 2. The average Bonchev–Trinajstić information content (AvgIpc) is 2.40. The van der Waals surface area contributed by atoms with Crippen molar-refractivity contribution in [2.75, 3.05) is 13.1 Å². The molecule has 0 aromatic heterocycles. The lowest BCUT2D eigenvalue weighted by molar-refractivity contribution is 0.0605. The number of hydrogen-bond acceptors (Lipinski definition) is 3. The molecule has 0 radical (unpaired) electrons. The van der Waals surface area contributed by atoms with Gasteiger partial charge in [-0.2, -0.15) is 0 Å². The maximum absolute atomic E-state index is 12.4. The van der Waals surface area contributed by atoms with Crippen molar-refractivity contribution in [3.05, 3.63) is 29.8 Å². The Hall–Kier alpha value is -1.55. The first-order valence-electron chi connectivity index (χ1n) is 6.52. The molecule has 1 aromatic carbocycles. The molecule has 4 nitrogen and oxygen atoms in total. The van der Waals surface area contributed by atoms with Crippen LogP contribution in [0, 0.1) is 0 Å². The van der Waals surface area contributed by atoms with Gasteiger partial charge in [0.25, 0.3) is 5.91 Å². The number of amides is 1. The molecule has 1 aromatic rings. The third-order valence-corrected chi connectivity index (χ3v) is 3.50. The summed E-state index contributed by atoms with van der Waals surface area (Å²) in [7, 11) is 0. The Labute approximate surface area is 107 Å². The van der Waals surface area contributed by atoms with E-state index in [9.17, 15) is 9.90 Å². The van der Waals surface area contributed by atoms with Crippen molar-refractivity contribution in [2.24, 2.45) is 5.73 Å². The van der Waals surface area contributed by atoms with Gasteiger partial charge in [0.15, 0.2) is 0 Å². The molecule has 1 aliphatic heterocycles. The van der Waals surface area contributed by atoms with Gasteiger partial charge in [-0.25, -0.2) is 0 Å². The molecule has 1 heterocycles. The zero-order valence-corrected chi connectivity index (χ0v) is 10.5. The summed E-state index contributed by atoms with van der Waals surface area (Å²) in [6.45, 7) is 1.43. The van der Waals surface area contributed by atoms with Crippen LogP contribution in [0.4, 0.5) is 0 Å². The summed E-state index contributed by atoms with van der Waals surface area (Å²) in [5.41, 5.74) is 6.25. The second kappa shape index (κ2) is 5.87. The Morgan fingerprint density at radius 2 is 2.06 bits per heavy atom. The Balaban J connectivity index is 2.12. The van der Waals surface area contributed by atoms with Crippen molar-refractivity contribution < 1.29 is 9.90 Å². The summed E-state index contributed by atoms with van der Waals surface area (Å²) in [5.74, 6) is 0.233. The van der Waals surface area contributed by atoms with E-state index in [1.54, 1.807) is 24.3 Å². The predicted molar refractivity (Wildman–Crippen MR) is 70.5 cm³/mol. The van der Waals surface area contributed by atoms with E-state index in [0.717, 1.165) is 25.8 Å². The molecule has 0 spiro atoms. The van der Waals surface area contributed by atoms with Crippen molar-refractivity contribution in [1.29, 1.82) is 0 Å². The third kappa shape index (κ3) is 2.82. The van der Waals surface area contributed by atoms with E-state index in [1.807, 2.05) is 4.90 Å². The Morgan fingerprint density at radius 1 is 1.33 bits per heavy atom. The smallest absolute Gasteiger partial charge is 0.254 e. The van der Waals surface area contributed by atoms with E-state index in [4.69, 9.17) is 5.73 Å². The van der Waals surface area contributed by atoms with Crippen molar-refractivity contribution in [1.82, 2.24) is 4.90 Å². The van der Waals surface area contributed by atoms with Crippen LogP contribution in [0.3, 0.4) is 0 Å². The van der Waals surface area contributed by atoms with Gasteiger partial charge in [0.05, 0.1) is 0 Å². The maximum atomic E-state index is 12.4. The lowest BCUT2D eigenvalue weighted by Crippen LogP contribution is -2.44. The highest BCUT2D eigenvalue weighted by molar-refractivity contribution is 5.94. The van der Waals surface area contributed by atoms with Crippen LogP contribution in [0.2, 0.25) is 0 Å². The summed E-state index contributed by atoms with van der Waals surface area (Å²) in [5, 5.41) is 9.24. The lowest BCUT2D eigenvalue weighted by atomic mass is 9.98. The van der Waals surface area contributed by atoms with Gasteiger partial charge >= 0.3 is 0 Å². The van der Waals surface area contributed by atoms with Crippen molar-refractivity contribution >= 4 is 5.91 Å². The second-order valence-electron chi connectivity index (χ2n) is 4.77. The van der Waals surface area contributed by atoms with Crippen LogP contribution in [0.15, 0.2) is 24.3 Å². The molecule has 1 unspecified atom stereocenters. The number of phenolic OH excluding ortho intramolecular Hbond substituents is 1. The van der Waals surface area contributed by atoms with Gasteiger partial charge in [0.2, 0.25) is 0 Å². The SMILES string of the molecule is NCCC1CCCCN1C(=O)c1ccc(O)cc1. The number of phenols is 1. The lowest BCUT2D eigenvalue weighted by Gasteiger charge is -2.35. The number of carbonyl (C=O) groups is 1.